The molecule has 0 spiro atoms. The second kappa shape index (κ2) is 8.41. The topological polar surface area (TPSA) is 94.1 Å². The quantitative estimate of drug-likeness (QED) is 0.570. The molecule has 7 heteroatoms. The maximum Gasteiger partial charge on any atom is 0.242 e. The molecule has 2 aromatic rings. The molecule has 154 valence electrons. The molecular weight excluding hydrogens is 370 g/mol. The van der Waals surface area contributed by atoms with Crippen molar-refractivity contribution in [2.24, 2.45) is 5.92 Å². The number of amides is 1. The minimum Gasteiger partial charge on any atom is -0.508 e. The monoisotopic (exact) mass is 397 g/mol. The number of likely N-dealkylation sites (tertiary alicyclic amines) is 1. The molecule has 2 heterocycles. The number of hydrogen-bond acceptors (Lipinski definition) is 6. The molecule has 2 aliphatic heterocycles. The fourth-order valence-electron chi connectivity index (χ4n) is 4.48. The van der Waals surface area contributed by atoms with Crippen molar-refractivity contribution in [2.45, 2.75) is 31.5 Å². The van der Waals surface area contributed by atoms with Crippen LogP contribution < -0.4 is 15.6 Å². The summed E-state index contributed by atoms with van der Waals surface area (Å²) in [5, 5.41) is 20.0. The fraction of sp³-hybridized carbons (Fsp3) is 0.409. The van der Waals surface area contributed by atoms with Gasteiger partial charge in [0.25, 0.3) is 0 Å². The van der Waals surface area contributed by atoms with E-state index in [4.69, 9.17) is 4.74 Å². The number of para-hydroxylation sites is 1. The number of hydrazine groups is 1. The number of nitrogens with one attached hydrogen (secondary N) is 2. The van der Waals surface area contributed by atoms with Crippen LogP contribution in [-0.2, 0) is 4.79 Å². The van der Waals surface area contributed by atoms with E-state index in [1.54, 1.807) is 17.0 Å². The van der Waals surface area contributed by atoms with Crippen LogP contribution >= 0.6 is 0 Å². The number of carbonyl (C=O) groups excluding carboxylic acids is 1. The summed E-state index contributed by atoms with van der Waals surface area (Å²) in [5.41, 5.74) is 8.02. The summed E-state index contributed by atoms with van der Waals surface area (Å²) in [6.45, 7) is 2.83. The number of ether oxygens (including phenoxy) is 1. The van der Waals surface area contributed by atoms with Crippen molar-refractivity contribution in [2.75, 3.05) is 19.8 Å². The maximum absolute atomic E-state index is 13.1. The first kappa shape index (κ1) is 19.7. The standard InChI is InChI=1S/C22H27N3O4/c1-2-12-29-15-7-5-6-14(13-15)21-18-19(16-8-3-4-9-17(16)27)23-24-20(18)22(28)25(21)10-11-26/h3-9,13,18-21,23-24,26-27H,2,10-12H2,1H3. The molecule has 0 aromatic heterocycles. The molecule has 1 amide bonds. The SMILES string of the molecule is CCCOc1cccc(C2C3C(NNC3c3ccccc3O)C(=O)N2CCO)c1. The molecule has 29 heavy (non-hydrogen) atoms. The van der Waals surface area contributed by atoms with E-state index in [1.807, 2.05) is 36.4 Å². The highest BCUT2D eigenvalue weighted by Gasteiger charge is 2.55. The summed E-state index contributed by atoms with van der Waals surface area (Å²) in [5.74, 6) is 0.754. The van der Waals surface area contributed by atoms with Crippen molar-refractivity contribution in [3.05, 3.63) is 59.7 Å². The predicted molar refractivity (Wildman–Crippen MR) is 108 cm³/mol. The lowest BCUT2D eigenvalue weighted by Gasteiger charge is -2.31. The Morgan fingerprint density at radius 2 is 1.90 bits per heavy atom. The lowest BCUT2D eigenvalue weighted by molar-refractivity contribution is -0.131. The Hall–Kier alpha value is -2.61. The minimum atomic E-state index is -0.434. The number of aromatic hydroxyl groups is 1. The number of hydrogen-bond donors (Lipinski definition) is 4. The van der Waals surface area contributed by atoms with Gasteiger partial charge in [0.15, 0.2) is 0 Å². The molecule has 4 rings (SSSR count). The molecule has 0 bridgehead atoms. The third-order valence-corrected chi connectivity index (χ3v) is 5.70. The van der Waals surface area contributed by atoms with Crippen LogP contribution in [-0.4, -0.2) is 46.8 Å². The number of phenolic OH excluding ortho intramolecular Hbond substituents is 1. The van der Waals surface area contributed by atoms with Crippen LogP contribution in [0.2, 0.25) is 0 Å². The Morgan fingerprint density at radius 1 is 1.10 bits per heavy atom. The van der Waals surface area contributed by atoms with Gasteiger partial charge in [-0.1, -0.05) is 37.3 Å². The summed E-state index contributed by atoms with van der Waals surface area (Å²) in [6.07, 6.45) is 0.913. The molecule has 2 aliphatic rings. The maximum atomic E-state index is 13.1. The van der Waals surface area contributed by atoms with Crippen molar-refractivity contribution < 1.29 is 19.7 Å². The van der Waals surface area contributed by atoms with Gasteiger partial charge in [0.05, 0.1) is 25.3 Å². The number of phenols is 1. The van der Waals surface area contributed by atoms with Gasteiger partial charge in [-0.05, 0) is 30.2 Å². The van der Waals surface area contributed by atoms with E-state index >= 15 is 0 Å². The first-order valence-corrected chi connectivity index (χ1v) is 10.1. The van der Waals surface area contributed by atoms with Gasteiger partial charge in [-0.25, -0.2) is 10.9 Å². The van der Waals surface area contributed by atoms with E-state index in [0.29, 0.717) is 6.61 Å². The normalized spacial score (nSPS) is 26.0. The zero-order chi connectivity index (χ0) is 20.4. The van der Waals surface area contributed by atoms with E-state index < -0.39 is 6.04 Å². The first-order valence-electron chi connectivity index (χ1n) is 10.1. The number of carbonyl (C=O) groups is 1. The highest BCUT2D eigenvalue weighted by atomic mass is 16.5. The van der Waals surface area contributed by atoms with Gasteiger partial charge in [-0.2, -0.15) is 0 Å². The summed E-state index contributed by atoms with van der Waals surface area (Å²) in [4.78, 5) is 14.8. The Balaban J connectivity index is 1.74. The van der Waals surface area contributed by atoms with Crippen LogP contribution in [0.25, 0.3) is 0 Å². The largest absolute Gasteiger partial charge is 0.508 e. The number of nitrogens with zero attached hydrogens (tertiary/aromatic N) is 1. The van der Waals surface area contributed by atoms with Gasteiger partial charge in [0, 0.05) is 18.0 Å². The first-order chi connectivity index (χ1) is 14.2. The number of rotatable bonds is 7. The lowest BCUT2D eigenvalue weighted by atomic mass is 9.83. The van der Waals surface area contributed by atoms with Gasteiger partial charge in [-0.3, -0.25) is 4.79 Å². The molecule has 7 nitrogen and oxygen atoms in total. The van der Waals surface area contributed by atoms with Crippen LogP contribution in [0, 0.1) is 5.92 Å². The summed E-state index contributed by atoms with van der Waals surface area (Å²) in [7, 11) is 0. The van der Waals surface area contributed by atoms with E-state index in [1.165, 1.54) is 0 Å². The predicted octanol–water partition coefficient (Wildman–Crippen LogP) is 1.89. The average molecular weight is 397 g/mol. The molecular formula is C22H27N3O4. The summed E-state index contributed by atoms with van der Waals surface area (Å²) in [6, 6.07) is 14.0. The van der Waals surface area contributed by atoms with Gasteiger partial charge >= 0.3 is 0 Å². The fourth-order valence-corrected chi connectivity index (χ4v) is 4.48. The van der Waals surface area contributed by atoms with Crippen molar-refractivity contribution in [3.8, 4) is 11.5 Å². The Morgan fingerprint density at radius 3 is 2.66 bits per heavy atom. The molecule has 4 N–H and O–H groups in total. The highest BCUT2D eigenvalue weighted by molar-refractivity contribution is 5.86. The van der Waals surface area contributed by atoms with Crippen LogP contribution in [0.3, 0.4) is 0 Å². The number of aliphatic hydroxyl groups excluding tert-OH is 1. The molecule has 2 saturated heterocycles. The molecule has 0 saturated carbocycles. The second-order valence-electron chi connectivity index (χ2n) is 7.50. The van der Waals surface area contributed by atoms with Crippen LogP contribution in [0.1, 0.15) is 36.6 Å². The molecule has 2 fully saturated rings. The van der Waals surface area contributed by atoms with E-state index in [-0.39, 0.29) is 42.8 Å². The third-order valence-electron chi connectivity index (χ3n) is 5.70. The summed E-state index contributed by atoms with van der Waals surface area (Å²) < 4.78 is 5.80. The summed E-state index contributed by atoms with van der Waals surface area (Å²) >= 11 is 0. The van der Waals surface area contributed by atoms with Crippen LogP contribution in [0.4, 0.5) is 0 Å². The Bertz CT molecular complexity index is 875. The number of aliphatic hydroxyl groups is 1. The van der Waals surface area contributed by atoms with E-state index in [2.05, 4.69) is 17.8 Å². The van der Waals surface area contributed by atoms with Crippen molar-refractivity contribution >= 4 is 5.91 Å². The molecule has 4 atom stereocenters. The van der Waals surface area contributed by atoms with Crippen molar-refractivity contribution in [1.29, 1.82) is 0 Å². The molecule has 4 unspecified atom stereocenters. The minimum absolute atomic E-state index is 0.0562. The highest BCUT2D eigenvalue weighted by Crippen LogP contribution is 2.48. The van der Waals surface area contributed by atoms with Gasteiger partial charge in [0.2, 0.25) is 5.91 Å². The molecule has 0 aliphatic carbocycles. The van der Waals surface area contributed by atoms with Crippen molar-refractivity contribution in [3.63, 3.8) is 0 Å². The smallest absolute Gasteiger partial charge is 0.242 e. The van der Waals surface area contributed by atoms with Crippen LogP contribution in [0.15, 0.2) is 48.5 Å². The zero-order valence-corrected chi connectivity index (χ0v) is 16.4. The number of fused-ring (bicyclic) bond motifs is 1. The Labute approximate surface area is 170 Å². The van der Waals surface area contributed by atoms with Crippen molar-refractivity contribution in [1.82, 2.24) is 15.8 Å². The zero-order valence-electron chi connectivity index (χ0n) is 16.4. The van der Waals surface area contributed by atoms with E-state index in [9.17, 15) is 15.0 Å². The Kier molecular flexibility index (Phi) is 5.71. The second-order valence-corrected chi connectivity index (χ2v) is 7.50. The average Bonchev–Trinajstić information content (AvgIpc) is 3.27. The van der Waals surface area contributed by atoms with Gasteiger partial charge < -0.3 is 19.8 Å². The van der Waals surface area contributed by atoms with Gasteiger partial charge in [-0.15, -0.1) is 0 Å². The molecule has 0 radical (unpaired) electrons. The van der Waals surface area contributed by atoms with Gasteiger partial charge in [0.1, 0.15) is 17.5 Å². The molecule has 2 aromatic carbocycles. The van der Waals surface area contributed by atoms with E-state index in [0.717, 1.165) is 23.3 Å². The lowest BCUT2D eigenvalue weighted by Crippen LogP contribution is -2.42. The third kappa shape index (κ3) is 3.57. The number of benzene rings is 2. The number of β-amino-alcohol motifs (C(OH)–C–C–N with tert-alkyl or cyclic N) is 1. The van der Waals surface area contributed by atoms with Crippen LogP contribution in [0.5, 0.6) is 11.5 Å².